The summed E-state index contributed by atoms with van der Waals surface area (Å²) in [5.41, 5.74) is 0.117. The minimum Gasteiger partial charge on any atom is -0.387 e. The van der Waals surface area contributed by atoms with Gasteiger partial charge in [0, 0.05) is 5.56 Å². The zero-order chi connectivity index (χ0) is 20.6. The van der Waals surface area contributed by atoms with Crippen LogP contribution < -0.4 is 5.56 Å². The van der Waals surface area contributed by atoms with Gasteiger partial charge in [0.25, 0.3) is 5.56 Å². The lowest BCUT2D eigenvalue weighted by molar-refractivity contribution is -0.139. The molecule has 0 aliphatic heterocycles. The van der Waals surface area contributed by atoms with Crippen molar-refractivity contribution < 1.29 is 18.3 Å². The lowest BCUT2D eigenvalue weighted by Gasteiger charge is -2.18. The lowest BCUT2D eigenvalue weighted by Crippen LogP contribution is -2.24. The summed E-state index contributed by atoms with van der Waals surface area (Å²) in [5.74, 6) is 0. The summed E-state index contributed by atoms with van der Waals surface area (Å²) >= 11 is 0.972. The lowest BCUT2D eigenvalue weighted by atomic mass is 10.0. The third kappa shape index (κ3) is 3.66. The summed E-state index contributed by atoms with van der Waals surface area (Å²) in [6.07, 6.45) is -4.90. The van der Waals surface area contributed by atoms with E-state index in [1.165, 1.54) is 24.5 Å². The zero-order valence-electron chi connectivity index (χ0n) is 14.8. The van der Waals surface area contributed by atoms with Crippen LogP contribution in [0.1, 0.15) is 17.2 Å². The molecule has 2 aromatic carbocycles. The second kappa shape index (κ2) is 7.41. The van der Waals surface area contributed by atoms with Crippen molar-refractivity contribution in [3.8, 4) is 11.3 Å². The molecule has 148 valence electrons. The predicted molar refractivity (Wildman–Crippen MR) is 104 cm³/mol. The number of aromatic nitrogens is 3. The Morgan fingerprint density at radius 3 is 2.48 bits per heavy atom. The first-order valence-corrected chi connectivity index (χ1v) is 9.38. The highest BCUT2D eigenvalue weighted by Crippen LogP contribution is 2.35. The fourth-order valence-electron chi connectivity index (χ4n) is 3.10. The number of halogens is 3. The number of benzene rings is 2. The molecule has 1 atom stereocenters. The summed E-state index contributed by atoms with van der Waals surface area (Å²) in [4.78, 5) is 17.1. The molecule has 2 aromatic heterocycles. The van der Waals surface area contributed by atoms with Crippen molar-refractivity contribution in [1.82, 2.24) is 13.9 Å². The molecule has 9 heteroatoms. The van der Waals surface area contributed by atoms with E-state index in [0.29, 0.717) is 11.2 Å². The molecule has 0 radical (unpaired) electrons. The number of aliphatic hydroxyl groups is 1. The fraction of sp³-hybridized carbons (Fsp3) is 0.150. The third-order valence-electron chi connectivity index (χ3n) is 4.49. The minimum atomic E-state index is -4.60. The first-order valence-electron chi connectivity index (χ1n) is 8.60. The summed E-state index contributed by atoms with van der Waals surface area (Å²) < 4.78 is 45.3. The highest BCUT2D eigenvalue weighted by atomic mass is 32.1. The Morgan fingerprint density at radius 2 is 1.76 bits per heavy atom. The summed E-state index contributed by atoms with van der Waals surface area (Å²) in [5, 5.41) is 10.4. The molecule has 4 rings (SSSR count). The number of rotatable bonds is 4. The van der Waals surface area contributed by atoms with Gasteiger partial charge in [0.05, 0.1) is 24.5 Å². The largest absolute Gasteiger partial charge is 0.416 e. The number of hydrogen-bond donors (Lipinski definition) is 1. The second-order valence-corrected chi connectivity index (χ2v) is 7.15. The van der Waals surface area contributed by atoms with E-state index in [4.69, 9.17) is 0 Å². The van der Waals surface area contributed by atoms with E-state index in [9.17, 15) is 23.1 Å². The molecular weight excluding hydrogens is 403 g/mol. The van der Waals surface area contributed by atoms with E-state index < -0.39 is 23.4 Å². The molecule has 0 aliphatic carbocycles. The van der Waals surface area contributed by atoms with Gasteiger partial charge in [0.15, 0.2) is 0 Å². The van der Waals surface area contributed by atoms with Crippen LogP contribution in [-0.2, 0) is 12.7 Å². The average Bonchev–Trinajstić information content (AvgIpc) is 3.15. The van der Waals surface area contributed by atoms with E-state index in [0.717, 1.165) is 27.7 Å². The maximum Gasteiger partial charge on any atom is 0.416 e. The van der Waals surface area contributed by atoms with Gasteiger partial charge in [-0.2, -0.15) is 17.5 Å². The third-order valence-corrected chi connectivity index (χ3v) is 5.32. The molecule has 1 N–H and O–H groups in total. The SMILES string of the molecule is O=c1c2snc(-c3ccccc3)c2ncn1CC(O)c1ccccc1C(F)(F)F. The van der Waals surface area contributed by atoms with Gasteiger partial charge in [0.1, 0.15) is 15.9 Å². The van der Waals surface area contributed by atoms with Crippen LogP contribution >= 0.6 is 11.5 Å². The molecule has 1 unspecified atom stereocenters. The van der Waals surface area contributed by atoms with E-state index in [-0.39, 0.29) is 16.8 Å². The van der Waals surface area contributed by atoms with Crippen LogP contribution in [0.3, 0.4) is 0 Å². The minimum absolute atomic E-state index is 0.280. The van der Waals surface area contributed by atoms with Crippen molar-refractivity contribution in [2.24, 2.45) is 0 Å². The van der Waals surface area contributed by atoms with Crippen molar-refractivity contribution in [2.75, 3.05) is 0 Å². The monoisotopic (exact) mass is 417 g/mol. The molecular formula is C20H14F3N3O2S. The molecule has 0 amide bonds. The van der Waals surface area contributed by atoms with Crippen molar-refractivity contribution in [3.05, 3.63) is 82.4 Å². The van der Waals surface area contributed by atoms with Crippen LogP contribution in [0, 0.1) is 0 Å². The normalized spacial score (nSPS) is 13.0. The Labute approximate surface area is 166 Å². The van der Waals surface area contributed by atoms with E-state index >= 15 is 0 Å². The predicted octanol–water partition coefficient (Wildman–Crippen LogP) is 4.27. The van der Waals surface area contributed by atoms with Gasteiger partial charge in [-0.1, -0.05) is 48.5 Å². The number of fused-ring (bicyclic) bond motifs is 1. The summed E-state index contributed by atoms with van der Waals surface area (Å²) in [6.45, 7) is -0.354. The van der Waals surface area contributed by atoms with Crippen LogP contribution in [0.5, 0.6) is 0 Å². The highest BCUT2D eigenvalue weighted by molar-refractivity contribution is 7.13. The second-order valence-electron chi connectivity index (χ2n) is 6.38. The highest BCUT2D eigenvalue weighted by Gasteiger charge is 2.34. The Morgan fingerprint density at radius 1 is 1.07 bits per heavy atom. The quantitative estimate of drug-likeness (QED) is 0.538. The van der Waals surface area contributed by atoms with Crippen LogP contribution in [0.25, 0.3) is 21.5 Å². The number of alkyl halides is 3. The Hall–Kier alpha value is -3.04. The van der Waals surface area contributed by atoms with E-state index in [2.05, 4.69) is 9.36 Å². The molecule has 4 aromatic rings. The smallest absolute Gasteiger partial charge is 0.387 e. The summed E-state index contributed by atoms with van der Waals surface area (Å²) in [7, 11) is 0. The van der Waals surface area contributed by atoms with Crippen molar-refractivity contribution in [3.63, 3.8) is 0 Å². The molecule has 0 saturated heterocycles. The van der Waals surface area contributed by atoms with Crippen molar-refractivity contribution >= 4 is 21.7 Å². The molecule has 0 spiro atoms. The number of aliphatic hydroxyl groups excluding tert-OH is 1. The average molecular weight is 417 g/mol. The number of hydrogen-bond acceptors (Lipinski definition) is 5. The zero-order valence-corrected chi connectivity index (χ0v) is 15.6. The van der Waals surface area contributed by atoms with Crippen LogP contribution in [0.2, 0.25) is 0 Å². The van der Waals surface area contributed by atoms with Gasteiger partial charge in [-0.25, -0.2) is 4.98 Å². The Bertz CT molecular complexity index is 1220. The Balaban J connectivity index is 1.70. The first kappa shape index (κ1) is 19.3. The summed E-state index contributed by atoms with van der Waals surface area (Å²) in [6, 6.07) is 14.0. The van der Waals surface area contributed by atoms with Gasteiger partial charge >= 0.3 is 6.18 Å². The van der Waals surface area contributed by atoms with Gasteiger partial charge in [-0.15, -0.1) is 0 Å². The molecule has 5 nitrogen and oxygen atoms in total. The fourth-order valence-corrected chi connectivity index (χ4v) is 3.91. The van der Waals surface area contributed by atoms with Crippen LogP contribution in [0.4, 0.5) is 13.2 Å². The van der Waals surface area contributed by atoms with E-state index in [1.807, 2.05) is 30.3 Å². The van der Waals surface area contributed by atoms with Gasteiger partial charge in [-0.05, 0) is 23.2 Å². The van der Waals surface area contributed by atoms with Crippen molar-refractivity contribution in [2.45, 2.75) is 18.8 Å². The Kier molecular flexibility index (Phi) is 4.93. The van der Waals surface area contributed by atoms with Gasteiger partial charge in [-0.3, -0.25) is 9.36 Å². The molecule has 2 heterocycles. The van der Waals surface area contributed by atoms with Gasteiger partial charge in [0.2, 0.25) is 0 Å². The van der Waals surface area contributed by atoms with Gasteiger partial charge < -0.3 is 5.11 Å². The molecule has 0 fully saturated rings. The first-order chi connectivity index (χ1) is 13.9. The maximum absolute atomic E-state index is 13.2. The van der Waals surface area contributed by atoms with E-state index in [1.54, 1.807) is 0 Å². The molecule has 0 bridgehead atoms. The van der Waals surface area contributed by atoms with Crippen LogP contribution in [-0.4, -0.2) is 19.0 Å². The number of nitrogens with zero attached hydrogens (tertiary/aromatic N) is 3. The van der Waals surface area contributed by atoms with Crippen molar-refractivity contribution in [1.29, 1.82) is 0 Å². The standard InChI is InChI=1S/C20H14F3N3O2S/c21-20(22,23)14-9-5-4-8-13(14)15(27)10-26-11-24-17-16(12-6-2-1-3-7-12)25-29-18(17)19(26)28/h1-9,11,15,27H,10H2. The van der Waals surface area contributed by atoms with Crippen LogP contribution in [0.15, 0.2) is 65.7 Å². The topological polar surface area (TPSA) is 68.0 Å². The molecule has 0 aliphatic rings. The maximum atomic E-state index is 13.2. The molecule has 29 heavy (non-hydrogen) atoms. The molecule has 0 saturated carbocycles.